The van der Waals surface area contributed by atoms with Gasteiger partial charge in [-0.3, -0.25) is 4.79 Å². The Bertz CT molecular complexity index is 1230. The minimum atomic E-state index is -3.69. The molecule has 2 aromatic carbocycles. The molecule has 4 rings (SSSR count). The first-order valence-corrected chi connectivity index (χ1v) is 11.4. The van der Waals surface area contributed by atoms with Crippen molar-refractivity contribution in [2.24, 2.45) is 0 Å². The molecule has 1 fully saturated rings. The molecule has 3 aromatic rings. The lowest BCUT2D eigenvalue weighted by atomic mass is 10.2. The Kier molecular flexibility index (Phi) is 5.97. The number of benzene rings is 2. The lowest BCUT2D eigenvalue weighted by molar-refractivity contribution is -0.0440. The third-order valence-corrected chi connectivity index (χ3v) is 6.95. The number of nitrogens with one attached hydrogen (secondary N) is 2. The summed E-state index contributed by atoms with van der Waals surface area (Å²) in [5.74, 6) is -0.926. The van der Waals surface area contributed by atoms with Crippen LogP contribution in [0.25, 0.3) is 11.0 Å². The van der Waals surface area contributed by atoms with E-state index in [9.17, 15) is 22.0 Å². The Hall–Kier alpha value is -2.89. The van der Waals surface area contributed by atoms with Crippen molar-refractivity contribution >= 4 is 32.7 Å². The molecule has 1 aromatic heterocycles. The van der Waals surface area contributed by atoms with Crippen molar-refractivity contribution in [3.05, 3.63) is 53.9 Å². The van der Waals surface area contributed by atoms with Crippen LogP contribution in [0.2, 0.25) is 0 Å². The smallest absolute Gasteiger partial charge is 0.295 e. The van der Waals surface area contributed by atoms with Crippen LogP contribution < -0.4 is 5.32 Å². The molecule has 8 nitrogen and oxygen atoms in total. The number of aromatic amines is 1. The Morgan fingerprint density at radius 1 is 1.16 bits per heavy atom. The number of hydrogen-bond acceptors (Lipinski definition) is 5. The summed E-state index contributed by atoms with van der Waals surface area (Å²) in [5.41, 5.74) is 1.30. The van der Waals surface area contributed by atoms with Crippen LogP contribution in [-0.4, -0.2) is 53.9 Å². The molecule has 0 spiro atoms. The molecule has 0 aliphatic carbocycles. The van der Waals surface area contributed by atoms with Crippen LogP contribution in [0, 0.1) is 0 Å². The van der Waals surface area contributed by atoms with Crippen LogP contribution in [0.4, 0.5) is 14.5 Å². The van der Waals surface area contributed by atoms with Gasteiger partial charge in [0.05, 0.1) is 28.1 Å². The summed E-state index contributed by atoms with van der Waals surface area (Å²) in [4.78, 5) is 19.0. The number of hydrogen-bond donors (Lipinski definition) is 2. The second kappa shape index (κ2) is 8.57. The number of nitrogens with zero attached hydrogens (tertiary/aromatic N) is 2. The predicted octanol–water partition coefficient (Wildman–Crippen LogP) is 3.55. The maximum atomic E-state index is 12.9. The number of rotatable bonds is 5. The second-order valence-electron chi connectivity index (χ2n) is 7.71. The number of anilines is 1. The molecule has 1 aliphatic rings. The number of imidazole rings is 1. The molecule has 0 saturated carbocycles. The van der Waals surface area contributed by atoms with E-state index < -0.39 is 28.2 Å². The average molecular weight is 464 g/mol. The van der Waals surface area contributed by atoms with Gasteiger partial charge in [0.1, 0.15) is 0 Å². The largest absolute Gasteiger partial charge is 0.373 e. The molecule has 0 bridgehead atoms. The summed E-state index contributed by atoms with van der Waals surface area (Å²) in [6.07, 6.45) is -3.13. The number of carbonyl (C=O) groups is 1. The second-order valence-corrected chi connectivity index (χ2v) is 9.65. The monoisotopic (exact) mass is 464 g/mol. The molecule has 2 unspecified atom stereocenters. The Labute approximate surface area is 183 Å². The summed E-state index contributed by atoms with van der Waals surface area (Å²) in [7, 11) is -3.69. The van der Waals surface area contributed by atoms with Crippen LogP contribution in [0.1, 0.15) is 36.5 Å². The standard InChI is InChI=1S/C21H22F2N4O4S/c1-12-10-27(11-13(2)31-12)32(29,30)16-6-4-15(5-7-16)24-21(28)14-3-8-17-18(9-14)26-20(25-17)19(22)23/h3-9,12-13,19H,10-11H2,1-2H3,(H,24,28)(H,25,26). The number of morpholine rings is 1. The Morgan fingerprint density at radius 2 is 1.81 bits per heavy atom. The van der Waals surface area contributed by atoms with Gasteiger partial charge in [0.25, 0.3) is 12.3 Å². The van der Waals surface area contributed by atoms with Crippen LogP contribution in [-0.2, 0) is 14.8 Å². The quantitative estimate of drug-likeness (QED) is 0.601. The molecule has 2 heterocycles. The van der Waals surface area contributed by atoms with Gasteiger partial charge in [0, 0.05) is 24.3 Å². The number of aromatic nitrogens is 2. The summed E-state index contributed by atoms with van der Waals surface area (Å²) < 4.78 is 58.4. The zero-order valence-electron chi connectivity index (χ0n) is 17.4. The Morgan fingerprint density at radius 3 is 2.44 bits per heavy atom. The molecule has 1 amide bonds. The van der Waals surface area contributed by atoms with Gasteiger partial charge in [-0.25, -0.2) is 22.2 Å². The molecule has 0 radical (unpaired) electrons. The number of carbonyl (C=O) groups excluding carboxylic acids is 1. The van der Waals surface area contributed by atoms with E-state index >= 15 is 0 Å². The van der Waals surface area contributed by atoms with Crippen LogP contribution in [0.5, 0.6) is 0 Å². The SMILES string of the molecule is CC1CN(S(=O)(=O)c2ccc(NC(=O)c3ccc4nc(C(F)F)[nH]c4c3)cc2)CC(C)O1. The maximum absolute atomic E-state index is 12.9. The highest BCUT2D eigenvalue weighted by atomic mass is 32.2. The van der Waals surface area contributed by atoms with Gasteiger partial charge < -0.3 is 15.0 Å². The van der Waals surface area contributed by atoms with Gasteiger partial charge in [-0.05, 0) is 56.3 Å². The molecular formula is C21H22F2N4O4S. The van der Waals surface area contributed by atoms with Gasteiger partial charge in [-0.2, -0.15) is 4.31 Å². The van der Waals surface area contributed by atoms with Crippen LogP contribution >= 0.6 is 0 Å². The van der Waals surface area contributed by atoms with Crippen molar-refractivity contribution in [2.75, 3.05) is 18.4 Å². The predicted molar refractivity (Wildman–Crippen MR) is 114 cm³/mol. The molecule has 170 valence electrons. The van der Waals surface area contributed by atoms with Gasteiger partial charge in [-0.15, -0.1) is 0 Å². The fraction of sp³-hybridized carbons (Fsp3) is 0.333. The van der Waals surface area contributed by atoms with E-state index in [2.05, 4.69) is 15.3 Å². The average Bonchev–Trinajstić information content (AvgIpc) is 3.17. The van der Waals surface area contributed by atoms with Crippen molar-refractivity contribution in [1.82, 2.24) is 14.3 Å². The highest BCUT2D eigenvalue weighted by Gasteiger charge is 2.32. The highest BCUT2D eigenvalue weighted by Crippen LogP contribution is 2.24. The van der Waals surface area contributed by atoms with E-state index in [-0.39, 0.29) is 35.8 Å². The summed E-state index contributed by atoms with van der Waals surface area (Å²) in [6.45, 7) is 4.19. The van der Waals surface area contributed by atoms with E-state index in [4.69, 9.17) is 4.74 Å². The van der Waals surface area contributed by atoms with Crippen molar-refractivity contribution in [1.29, 1.82) is 0 Å². The fourth-order valence-electron chi connectivity index (χ4n) is 3.66. The Balaban J connectivity index is 1.48. The van der Waals surface area contributed by atoms with Gasteiger partial charge >= 0.3 is 0 Å². The van der Waals surface area contributed by atoms with E-state index in [0.29, 0.717) is 16.7 Å². The fourth-order valence-corrected chi connectivity index (χ4v) is 5.25. The van der Waals surface area contributed by atoms with E-state index in [1.54, 1.807) is 0 Å². The van der Waals surface area contributed by atoms with Crippen LogP contribution in [0.15, 0.2) is 47.4 Å². The number of ether oxygens (including phenoxy) is 1. The first-order valence-electron chi connectivity index (χ1n) is 9.98. The number of halogens is 2. The zero-order valence-corrected chi connectivity index (χ0v) is 18.2. The third-order valence-electron chi connectivity index (χ3n) is 5.11. The number of amides is 1. The van der Waals surface area contributed by atoms with E-state index in [1.165, 1.54) is 46.8 Å². The van der Waals surface area contributed by atoms with Crippen molar-refractivity contribution < 1.29 is 26.7 Å². The van der Waals surface area contributed by atoms with Gasteiger partial charge in [0.15, 0.2) is 5.82 Å². The van der Waals surface area contributed by atoms with Crippen molar-refractivity contribution in [3.63, 3.8) is 0 Å². The minimum absolute atomic E-state index is 0.121. The van der Waals surface area contributed by atoms with Crippen molar-refractivity contribution in [3.8, 4) is 0 Å². The number of H-pyrrole nitrogens is 1. The molecule has 1 saturated heterocycles. The van der Waals surface area contributed by atoms with Crippen molar-refractivity contribution in [2.45, 2.75) is 37.4 Å². The summed E-state index contributed by atoms with van der Waals surface area (Å²) >= 11 is 0. The summed E-state index contributed by atoms with van der Waals surface area (Å²) in [6, 6.07) is 10.3. The summed E-state index contributed by atoms with van der Waals surface area (Å²) in [5, 5.41) is 2.67. The lowest BCUT2D eigenvalue weighted by Gasteiger charge is -2.34. The van der Waals surface area contributed by atoms with Gasteiger partial charge in [0.2, 0.25) is 10.0 Å². The molecule has 2 N–H and O–H groups in total. The van der Waals surface area contributed by atoms with E-state index in [1.807, 2.05) is 13.8 Å². The molecule has 32 heavy (non-hydrogen) atoms. The topological polar surface area (TPSA) is 104 Å². The number of alkyl halides is 2. The zero-order chi connectivity index (χ0) is 23.0. The normalized spacial score (nSPS) is 20.0. The number of fused-ring (bicyclic) bond motifs is 1. The first-order chi connectivity index (χ1) is 15.1. The third kappa shape index (κ3) is 4.50. The molecule has 11 heteroatoms. The van der Waals surface area contributed by atoms with E-state index in [0.717, 1.165) is 0 Å². The molecule has 1 aliphatic heterocycles. The maximum Gasteiger partial charge on any atom is 0.295 e. The first kappa shape index (κ1) is 22.3. The highest BCUT2D eigenvalue weighted by molar-refractivity contribution is 7.89. The number of sulfonamides is 1. The van der Waals surface area contributed by atoms with Gasteiger partial charge in [-0.1, -0.05) is 0 Å². The lowest BCUT2D eigenvalue weighted by Crippen LogP contribution is -2.48. The minimum Gasteiger partial charge on any atom is -0.373 e. The van der Waals surface area contributed by atoms with Crippen LogP contribution in [0.3, 0.4) is 0 Å². The molecular weight excluding hydrogens is 442 g/mol. The molecule has 2 atom stereocenters.